The number of nitrogens with one attached hydrogen (secondary N) is 1. The van der Waals surface area contributed by atoms with Gasteiger partial charge in [0.25, 0.3) is 18.3 Å². The minimum atomic E-state index is -3.13. The number of alkyl halides is 6. The van der Waals surface area contributed by atoms with Crippen molar-refractivity contribution in [2.75, 3.05) is 19.7 Å². The number of rotatable bonds is 12. The molecule has 0 spiro atoms. The van der Waals surface area contributed by atoms with Crippen molar-refractivity contribution in [3.05, 3.63) is 119 Å². The summed E-state index contributed by atoms with van der Waals surface area (Å²) in [5.74, 6) is -5.00. The van der Waals surface area contributed by atoms with Crippen LogP contribution >= 0.6 is 11.6 Å². The second-order valence-corrected chi connectivity index (χ2v) is 16.2. The molecule has 5 aromatic rings. The molecule has 2 aliphatic rings. The number of benzene rings is 3. The molecule has 2 atom stereocenters. The van der Waals surface area contributed by atoms with E-state index in [9.17, 15) is 35.9 Å². The Hall–Kier alpha value is -6.44. The van der Waals surface area contributed by atoms with Crippen molar-refractivity contribution in [2.24, 2.45) is 10.4 Å². The van der Waals surface area contributed by atoms with Gasteiger partial charge in [-0.25, -0.2) is 41.5 Å². The Kier molecular flexibility index (Phi) is 12.1. The van der Waals surface area contributed by atoms with Crippen LogP contribution in [0.4, 0.5) is 35.9 Å². The van der Waals surface area contributed by atoms with Crippen molar-refractivity contribution in [3.63, 3.8) is 0 Å². The Labute approximate surface area is 355 Å². The van der Waals surface area contributed by atoms with Gasteiger partial charge in [0.15, 0.2) is 5.82 Å². The fourth-order valence-electron chi connectivity index (χ4n) is 7.26. The molecule has 2 aliphatic heterocycles. The predicted octanol–water partition coefficient (Wildman–Crippen LogP) is 8.70. The number of guanidine groups is 1. The highest BCUT2D eigenvalue weighted by atomic mass is 35.5. The average molecular weight is 886 g/mol. The molecule has 14 nitrogen and oxygen atoms in total. The predicted molar refractivity (Wildman–Crippen MR) is 211 cm³/mol. The molecule has 0 aliphatic carbocycles. The highest BCUT2D eigenvalue weighted by molar-refractivity contribution is 6.32. The van der Waals surface area contributed by atoms with Crippen molar-refractivity contribution < 1.29 is 50.2 Å². The lowest BCUT2D eigenvalue weighted by atomic mass is 9.75. The number of carbonyl (C=O) groups excluding carboxylic acids is 3. The van der Waals surface area contributed by atoms with Gasteiger partial charge < -0.3 is 14.8 Å². The van der Waals surface area contributed by atoms with Crippen molar-refractivity contribution in [2.45, 2.75) is 64.3 Å². The van der Waals surface area contributed by atoms with E-state index in [1.54, 1.807) is 54.6 Å². The van der Waals surface area contributed by atoms with Gasteiger partial charge in [0, 0.05) is 11.8 Å². The SMILES string of the molecule is CC(C)(C)C[C@]1(c2ccc(-c3cnn(C(F)F)c3)cc2)NC(=NC(=O)OCc2ccccc2)N(C(COC(=O)N2CC(F)(F)C2)c2ccc(Cl)c(-n3ncnc3C(F)F)c2)C1=O. The monoisotopic (exact) mass is 885 g/mol. The van der Waals surface area contributed by atoms with Crippen LogP contribution in [-0.4, -0.2) is 84.0 Å². The number of hydrogen-bond acceptors (Lipinski definition) is 8. The second kappa shape index (κ2) is 17.1. The Morgan fingerprint density at radius 1 is 0.952 bits per heavy atom. The van der Waals surface area contributed by atoms with Crippen LogP contribution in [0, 0.1) is 5.41 Å². The Morgan fingerprint density at radius 3 is 2.29 bits per heavy atom. The van der Waals surface area contributed by atoms with Gasteiger partial charge in [0.2, 0.25) is 5.96 Å². The Balaban J connectivity index is 1.36. The van der Waals surface area contributed by atoms with Crippen LogP contribution in [0.15, 0.2) is 96.5 Å². The number of aromatic nitrogens is 5. The normalized spacial score (nSPS) is 18.6. The van der Waals surface area contributed by atoms with Crippen molar-refractivity contribution >= 4 is 35.7 Å². The molecule has 326 valence electrons. The molecule has 4 heterocycles. The largest absolute Gasteiger partial charge is 0.447 e. The molecule has 0 saturated carbocycles. The topological polar surface area (TPSA) is 149 Å². The van der Waals surface area contributed by atoms with Crippen LogP contribution in [0.2, 0.25) is 5.02 Å². The lowest BCUT2D eigenvalue weighted by molar-refractivity contribution is -0.135. The minimum absolute atomic E-state index is 0.0357. The van der Waals surface area contributed by atoms with Crippen LogP contribution in [-0.2, 0) is 26.4 Å². The van der Waals surface area contributed by atoms with E-state index in [1.807, 2.05) is 20.8 Å². The summed E-state index contributed by atoms with van der Waals surface area (Å²) in [5.41, 5.74) is -0.586. The van der Waals surface area contributed by atoms with Crippen molar-refractivity contribution in [1.82, 2.24) is 39.7 Å². The zero-order chi connectivity index (χ0) is 44.6. The quantitative estimate of drug-likeness (QED) is 0.122. The number of carbonyl (C=O) groups is 3. The molecule has 0 radical (unpaired) electrons. The first-order valence-electron chi connectivity index (χ1n) is 19.0. The van der Waals surface area contributed by atoms with Crippen molar-refractivity contribution in [3.8, 4) is 16.8 Å². The number of halogens is 7. The summed E-state index contributed by atoms with van der Waals surface area (Å²) in [7, 11) is 0. The summed E-state index contributed by atoms with van der Waals surface area (Å²) in [6.07, 6.45) is -2.01. The first-order chi connectivity index (χ1) is 29.3. The van der Waals surface area contributed by atoms with Gasteiger partial charge in [-0.15, -0.1) is 4.99 Å². The Morgan fingerprint density at radius 2 is 1.66 bits per heavy atom. The summed E-state index contributed by atoms with van der Waals surface area (Å²) in [5, 5.41) is 10.7. The number of hydrogen-bond donors (Lipinski definition) is 1. The second-order valence-electron chi connectivity index (χ2n) is 15.8. The summed E-state index contributed by atoms with van der Waals surface area (Å²) in [6.45, 7) is -0.0626. The highest BCUT2D eigenvalue weighted by Crippen LogP contribution is 2.43. The highest BCUT2D eigenvalue weighted by Gasteiger charge is 2.56. The lowest BCUT2D eigenvalue weighted by Crippen LogP contribution is -2.58. The molecule has 2 saturated heterocycles. The number of aliphatic imine (C=N–C) groups is 1. The number of ether oxygens (including phenoxy) is 2. The maximum Gasteiger partial charge on any atom is 0.437 e. The molecule has 21 heteroatoms. The maximum atomic E-state index is 15.5. The molecule has 62 heavy (non-hydrogen) atoms. The molecule has 3 amide bonds. The minimum Gasteiger partial charge on any atom is -0.447 e. The Bertz CT molecular complexity index is 2470. The third-order valence-electron chi connectivity index (χ3n) is 9.98. The van der Waals surface area contributed by atoms with E-state index in [0.29, 0.717) is 26.9 Å². The van der Waals surface area contributed by atoms with Crippen LogP contribution in [0.5, 0.6) is 0 Å². The molecular weight excluding hydrogens is 848 g/mol. The molecule has 3 aromatic carbocycles. The third kappa shape index (κ3) is 9.24. The lowest BCUT2D eigenvalue weighted by Gasteiger charge is -2.38. The van der Waals surface area contributed by atoms with Crippen LogP contribution in [0.25, 0.3) is 16.8 Å². The van der Waals surface area contributed by atoms with Gasteiger partial charge >= 0.3 is 18.7 Å². The fraction of sp³-hybridized carbons (Fsp3) is 0.341. The maximum absolute atomic E-state index is 15.5. The van der Waals surface area contributed by atoms with Gasteiger partial charge in [-0.1, -0.05) is 93.0 Å². The summed E-state index contributed by atoms with van der Waals surface area (Å²) >= 11 is 6.52. The molecule has 2 fully saturated rings. The first-order valence-corrected chi connectivity index (χ1v) is 19.3. The van der Waals surface area contributed by atoms with E-state index in [2.05, 4.69) is 25.5 Å². The zero-order valence-electron chi connectivity index (χ0n) is 33.2. The molecule has 7 rings (SSSR count). The van der Waals surface area contributed by atoms with E-state index in [-0.39, 0.29) is 35.3 Å². The zero-order valence-corrected chi connectivity index (χ0v) is 33.9. The van der Waals surface area contributed by atoms with Gasteiger partial charge in [0.1, 0.15) is 25.1 Å². The standard InChI is InChI=1S/C41H38ClF6N9O5/c1-39(2,3)20-41(28-12-9-25(10-13-28)27-16-50-55(17-27)35(45)46)34(58)56(36(53-41)52-37(59)61-18-24-7-5-4-6-8-24)31(19-62-38(60)54-21-40(47,48)22-54)26-11-14-29(42)30(15-26)57-33(32(43)44)49-23-51-57/h4-17,23,31-32,35H,18-22H2,1-3H3,(H,52,53,59)/t31?,41-/m1/s1. The van der Waals surface area contributed by atoms with Crippen LogP contribution < -0.4 is 5.32 Å². The fourth-order valence-corrected chi connectivity index (χ4v) is 7.45. The third-order valence-corrected chi connectivity index (χ3v) is 10.3. The number of likely N-dealkylation sites (tertiary alicyclic amines) is 1. The number of nitrogens with zero attached hydrogens (tertiary/aromatic N) is 8. The van der Waals surface area contributed by atoms with E-state index in [4.69, 9.17) is 21.1 Å². The van der Waals surface area contributed by atoms with E-state index in [0.717, 1.165) is 27.0 Å². The summed E-state index contributed by atoms with van der Waals surface area (Å²) in [6, 6.07) is 17.7. The van der Waals surface area contributed by atoms with Crippen molar-refractivity contribution in [1.29, 1.82) is 0 Å². The summed E-state index contributed by atoms with van der Waals surface area (Å²) in [4.78, 5) is 51.9. The smallest absolute Gasteiger partial charge is 0.437 e. The van der Waals surface area contributed by atoms with Gasteiger partial charge in [-0.3, -0.25) is 14.6 Å². The molecule has 1 unspecified atom stereocenters. The number of amides is 3. The van der Waals surface area contributed by atoms with Crippen LogP contribution in [0.1, 0.15) is 68.7 Å². The van der Waals surface area contributed by atoms with Crippen LogP contribution in [0.3, 0.4) is 0 Å². The molecule has 0 bridgehead atoms. The average Bonchev–Trinajstić information content (AvgIpc) is 3.97. The van der Waals surface area contributed by atoms with E-state index >= 15 is 4.79 Å². The summed E-state index contributed by atoms with van der Waals surface area (Å²) < 4.78 is 94.8. The van der Waals surface area contributed by atoms with Gasteiger partial charge in [0.05, 0.1) is 36.0 Å². The van der Waals surface area contributed by atoms with E-state index < -0.39 is 79.5 Å². The van der Waals surface area contributed by atoms with E-state index in [1.165, 1.54) is 24.4 Å². The molecule has 1 N–H and O–H groups in total. The first kappa shape index (κ1) is 43.6. The van der Waals surface area contributed by atoms with Gasteiger partial charge in [-0.05, 0) is 46.2 Å². The van der Waals surface area contributed by atoms with Gasteiger partial charge in [-0.2, -0.15) is 19.0 Å². The molecule has 2 aromatic heterocycles. The molecular formula is C41H38ClF6N9O5.